The maximum Gasteiger partial charge on any atom is 0.220 e. The highest BCUT2D eigenvalue weighted by Crippen LogP contribution is 2.14. The highest BCUT2D eigenvalue weighted by Gasteiger charge is 2.15. The second-order valence-corrected chi connectivity index (χ2v) is 5.03. The molecule has 2 rings (SSSR count). The number of carbonyl (C=O) groups is 1. The summed E-state index contributed by atoms with van der Waals surface area (Å²) >= 11 is 0. The van der Waals surface area contributed by atoms with Gasteiger partial charge in [-0.25, -0.2) is 0 Å². The summed E-state index contributed by atoms with van der Waals surface area (Å²) in [6.07, 6.45) is 2.80. The lowest BCUT2D eigenvalue weighted by Gasteiger charge is -2.09. The molecule has 0 spiro atoms. The lowest BCUT2D eigenvalue weighted by atomic mass is 10.0. The predicted octanol–water partition coefficient (Wildman–Crippen LogP) is 2.12. The number of hydrogen-bond donors (Lipinski definition) is 2. The summed E-state index contributed by atoms with van der Waals surface area (Å²) in [6.45, 7) is 2.72. The summed E-state index contributed by atoms with van der Waals surface area (Å²) in [5.41, 5.74) is 1.07. The van der Waals surface area contributed by atoms with E-state index in [1.54, 1.807) is 7.11 Å². The highest BCUT2D eigenvalue weighted by molar-refractivity contribution is 5.85. The predicted molar refractivity (Wildman–Crippen MR) is 82.3 cm³/mol. The van der Waals surface area contributed by atoms with Gasteiger partial charge in [0.15, 0.2) is 0 Å². The molecule has 1 unspecified atom stereocenters. The fourth-order valence-corrected chi connectivity index (χ4v) is 2.37. The molecule has 1 fully saturated rings. The van der Waals surface area contributed by atoms with E-state index in [1.807, 2.05) is 24.3 Å². The molecule has 112 valence electrons. The van der Waals surface area contributed by atoms with Gasteiger partial charge in [0.05, 0.1) is 7.11 Å². The Labute approximate surface area is 126 Å². The average Bonchev–Trinajstić information content (AvgIpc) is 2.96. The standard InChI is InChI=1S/C15H22N2O2.ClH/c1-19-14-4-2-3-13(9-14)11-17-15(18)6-5-12-7-8-16-10-12;/h2-4,9,12,16H,5-8,10-11H2,1H3,(H,17,18);1H. The van der Waals surface area contributed by atoms with Crippen LogP contribution in [0.4, 0.5) is 0 Å². The van der Waals surface area contributed by atoms with Gasteiger partial charge in [-0.1, -0.05) is 12.1 Å². The van der Waals surface area contributed by atoms with E-state index in [9.17, 15) is 4.79 Å². The zero-order valence-corrected chi connectivity index (χ0v) is 12.7. The highest BCUT2D eigenvalue weighted by atomic mass is 35.5. The first-order valence-electron chi connectivity index (χ1n) is 6.88. The molecule has 1 heterocycles. The minimum Gasteiger partial charge on any atom is -0.497 e. The molecule has 2 N–H and O–H groups in total. The third-order valence-corrected chi connectivity index (χ3v) is 3.57. The molecule has 20 heavy (non-hydrogen) atoms. The van der Waals surface area contributed by atoms with Gasteiger partial charge in [0, 0.05) is 13.0 Å². The van der Waals surface area contributed by atoms with Crippen LogP contribution in [0.2, 0.25) is 0 Å². The van der Waals surface area contributed by atoms with Crippen LogP contribution in [0.5, 0.6) is 5.75 Å². The molecular formula is C15H23ClN2O2. The Kier molecular flexibility index (Phi) is 7.41. The normalized spacial score (nSPS) is 17.4. The maximum absolute atomic E-state index is 11.8. The van der Waals surface area contributed by atoms with Crippen LogP contribution in [0.3, 0.4) is 0 Å². The fraction of sp³-hybridized carbons (Fsp3) is 0.533. The maximum atomic E-state index is 11.8. The van der Waals surface area contributed by atoms with Crippen LogP contribution < -0.4 is 15.4 Å². The molecule has 1 aromatic carbocycles. The van der Waals surface area contributed by atoms with Gasteiger partial charge in [0.25, 0.3) is 0 Å². The number of amides is 1. The van der Waals surface area contributed by atoms with E-state index in [0.717, 1.165) is 30.8 Å². The van der Waals surface area contributed by atoms with Gasteiger partial charge < -0.3 is 15.4 Å². The number of ether oxygens (including phenoxy) is 1. The molecule has 1 aromatic rings. The van der Waals surface area contributed by atoms with Crippen molar-refractivity contribution in [3.8, 4) is 5.75 Å². The van der Waals surface area contributed by atoms with Crippen LogP contribution in [-0.4, -0.2) is 26.1 Å². The molecule has 0 saturated carbocycles. The first kappa shape index (κ1) is 16.8. The van der Waals surface area contributed by atoms with Crippen LogP contribution in [-0.2, 0) is 11.3 Å². The van der Waals surface area contributed by atoms with Crippen LogP contribution in [0.1, 0.15) is 24.8 Å². The lowest BCUT2D eigenvalue weighted by molar-refractivity contribution is -0.121. The van der Waals surface area contributed by atoms with Crippen molar-refractivity contribution in [2.45, 2.75) is 25.8 Å². The van der Waals surface area contributed by atoms with Crippen molar-refractivity contribution in [1.82, 2.24) is 10.6 Å². The summed E-state index contributed by atoms with van der Waals surface area (Å²) in [5, 5.41) is 6.28. The molecule has 0 aromatic heterocycles. The molecule has 1 aliphatic heterocycles. The number of halogens is 1. The van der Waals surface area contributed by atoms with E-state index < -0.39 is 0 Å². The van der Waals surface area contributed by atoms with Gasteiger partial charge >= 0.3 is 0 Å². The molecule has 5 heteroatoms. The number of benzene rings is 1. The Morgan fingerprint density at radius 1 is 1.50 bits per heavy atom. The Bertz CT molecular complexity index is 420. The number of rotatable bonds is 6. The summed E-state index contributed by atoms with van der Waals surface area (Å²) in [6, 6.07) is 7.77. The quantitative estimate of drug-likeness (QED) is 0.846. The minimum atomic E-state index is 0. The first-order chi connectivity index (χ1) is 9.28. The molecule has 1 atom stereocenters. The van der Waals surface area contributed by atoms with E-state index in [2.05, 4.69) is 10.6 Å². The largest absolute Gasteiger partial charge is 0.497 e. The van der Waals surface area contributed by atoms with Crippen molar-refractivity contribution in [2.75, 3.05) is 20.2 Å². The van der Waals surface area contributed by atoms with Crippen molar-refractivity contribution in [3.63, 3.8) is 0 Å². The second kappa shape index (κ2) is 8.82. The molecular weight excluding hydrogens is 276 g/mol. The van der Waals surface area contributed by atoms with Crippen LogP contribution >= 0.6 is 12.4 Å². The smallest absolute Gasteiger partial charge is 0.220 e. The third kappa shape index (κ3) is 5.39. The van der Waals surface area contributed by atoms with Crippen molar-refractivity contribution in [2.24, 2.45) is 5.92 Å². The number of carbonyl (C=O) groups excluding carboxylic acids is 1. The first-order valence-corrected chi connectivity index (χ1v) is 6.88. The summed E-state index contributed by atoms with van der Waals surface area (Å²) in [4.78, 5) is 11.8. The molecule has 4 nitrogen and oxygen atoms in total. The number of methoxy groups -OCH3 is 1. The van der Waals surface area contributed by atoms with Gasteiger partial charge in [0.2, 0.25) is 5.91 Å². The zero-order chi connectivity index (χ0) is 13.5. The molecule has 0 bridgehead atoms. The topological polar surface area (TPSA) is 50.4 Å². The van der Waals surface area contributed by atoms with Crippen LogP contribution in [0.15, 0.2) is 24.3 Å². The van der Waals surface area contributed by atoms with Gasteiger partial charge in [-0.05, 0) is 49.5 Å². The van der Waals surface area contributed by atoms with Crippen molar-refractivity contribution in [1.29, 1.82) is 0 Å². The number of hydrogen-bond acceptors (Lipinski definition) is 3. The Morgan fingerprint density at radius 2 is 2.35 bits per heavy atom. The number of nitrogens with one attached hydrogen (secondary N) is 2. The molecule has 0 aliphatic carbocycles. The van der Waals surface area contributed by atoms with Crippen molar-refractivity contribution >= 4 is 18.3 Å². The monoisotopic (exact) mass is 298 g/mol. The molecule has 1 aliphatic rings. The second-order valence-electron chi connectivity index (χ2n) is 5.03. The van der Waals surface area contributed by atoms with Gasteiger partial charge in [-0.2, -0.15) is 0 Å². The van der Waals surface area contributed by atoms with Gasteiger partial charge in [-0.3, -0.25) is 4.79 Å². The Balaban J connectivity index is 0.00000200. The SMILES string of the molecule is COc1cccc(CNC(=O)CCC2CCNC2)c1.Cl. The van der Waals surface area contributed by atoms with Crippen LogP contribution in [0, 0.1) is 5.92 Å². The van der Waals surface area contributed by atoms with E-state index in [0.29, 0.717) is 18.9 Å². The van der Waals surface area contributed by atoms with E-state index in [1.165, 1.54) is 6.42 Å². The molecule has 1 amide bonds. The third-order valence-electron chi connectivity index (χ3n) is 3.57. The average molecular weight is 299 g/mol. The van der Waals surface area contributed by atoms with Crippen molar-refractivity contribution < 1.29 is 9.53 Å². The molecule has 0 radical (unpaired) electrons. The minimum absolute atomic E-state index is 0. The van der Waals surface area contributed by atoms with E-state index in [4.69, 9.17) is 4.74 Å². The van der Waals surface area contributed by atoms with Gasteiger partial charge in [-0.15, -0.1) is 12.4 Å². The fourth-order valence-electron chi connectivity index (χ4n) is 2.37. The Hall–Kier alpha value is -1.26. The Morgan fingerprint density at radius 3 is 3.05 bits per heavy atom. The zero-order valence-electron chi connectivity index (χ0n) is 11.9. The van der Waals surface area contributed by atoms with E-state index in [-0.39, 0.29) is 18.3 Å². The van der Waals surface area contributed by atoms with Crippen LogP contribution in [0.25, 0.3) is 0 Å². The molecule has 1 saturated heterocycles. The van der Waals surface area contributed by atoms with Crippen molar-refractivity contribution in [3.05, 3.63) is 29.8 Å². The summed E-state index contributed by atoms with van der Waals surface area (Å²) in [7, 11) is 1.65. The van der Waals surface area contributed by atoms with Gasteiger partial charge in [0.1, 0.15) is 5.75 Å². The lowest BCUT2D eigenvalue weighted by Crippen LogP contribution is -2.23. The summed E-state index contributed by atoms with van der Waals surface area (Å²) < 4.78 is 5.16. The van der Waals surface area contributed by atoms with E-state index >= 15 is 0 Å². The summed E-state index contributed by atoms with van der Waals surface area (Å²) in [5.74, 6) is 1.63.